The van der Waals surface area contributed by atoms with Gasteiger partial charge in [-0.05, 0) is 38.0 Å². The largest absolute Gasteiger partial charge is 0.242 e. The molecule has 2 nitrogen and oxygen atoms in total. The molecule has 0 saturated carbocycles. The number of hydrogen-bond acceptors (Lipinski definition) is 1. The molecule has 1 aromatic carbocycles. The summed E-state index contributed by atoms with van der Waals surface area (Å²) in [4.78, 5) is 0. The minimum atomic E-state index is -0.270. The smallest absolute Gasteiger partial charge is 0.214 e. The standard InChI is InChI=1S/C13H15FN2/c1-8-5-6-11(7-9(8)2)12-10(3)13(14)16(4)15-12/h5-7H,1-4H3. The maximum atomic E-state index is 13.5. The molecule has 2 rings (SSSR count). The van der Waals surface area contributed by atoms with E-state index in [0.717, 1.165) is 11.3 Å². The normalized spacial score (nSPS) is 10.8. The van der Waals surface area contributed by atoms with Gasteiger partial charge in [0.05, 0.1) is 5.69 Å². The summed E-state index contributed by atoms with van der Waals surface area (Å²) in [7, 11) is 1.62. The molecule has 16 heavy (non-hydrogen) atoms. The lowest BCUT2D eigenvalue weighted by atomic mass is 10.0. The average molecular weight is 218 g/mol. The molecule has 0 radical (unpaired) electrons. The van der Waals surface area contributed by atoms with Gasteiger partial charge in [-0.2, -0.15) is 9.49 Å². The van der Waals surface area contributed by atoms with E-state index in [1.165, 1.54) is 15.8 Å². The summed E-state index contributed by atoms with van der Waals surface area (Å²) in [5.74, 6) is -0.270. The van der Waals surface area contributed by atoms with Crippen LogP contribution in [0.1, 0.15) is 16.7 Å². The lowest BCUT2D eigenvalue weighted by molar-refractivity contribution is 0.499. The molecule has 84 valence electrons. The predicted octanol–water partition coefficient (Wildman–Crippen LogP) is 3.15. The Bertz CT molecular complexity index is 541. The molecule has 0 spiro atoms. The molecule has 0 aliphatic carbocycles. The van der Waals surface area contributed by atoms with Crippen molar-refractivity contribution in [2.75, 3.05) is 0 Å². The van der Waals surface area contributed by atoms with E-state index < -0.39 is 0 Å². The summed E-state index contributed by atoms with van der Waals surface area (Å²) in [6.07, 6.45) is 0. The fraction of sp³-hybridized carbons (Fsp3) is 0.308. The summed E-state index contributed by atoms with van der Waals surface area (Å²) in [5, 5.41) is 4.19. The van der Waals surface area contributed by atoms with Crippen molar-refractivity contribution in [3.63, 3.8) is 0 Å². The van der Waals surface area contributed by atoms with E-state index in [1.807, 2.05) is 25.1 Å². The van der Waals surface area contributed by atoms with Crippen LogP contribution >= 0.6 is 0 Å². The third kappa shape index (κ3) is 1.62. The molecule has 0 bridgehead atoms. The third-order valence-electron chi connectivity index (χ3n) is 2.98. The Labute approximate surface area is 94.7 Å². The van der Waals surface area contributed by atoms with Crippen molar-refractivity contribution in [2.24, 2.45) is 7.05 Å². The van der Waals surface area contributed by atoms with Crippen molar-refractivity contribution in [3.05, 3.63) is 40.8 Å². The molecule has 3 heteroatoms. The van der Waals surface area contributed by atoms with Crippen molar-refractivity contribution >= 4 is 0 Å². The Morgan fingerprint density at radius 3 is 2.31 bits per heavy atom. The van der Waals surface area contributed by atoms with E-state index in [4.69, 9.17) is 0 Å². The number of nitrogens with zero attached hydrogens (tertiary/aromatic N) is 2. The Kier molecular flexibility index (Phi) is 2.54. The second kappa shape index (κ2) is 3.74. The van der Waals surface area contributed by atoms with Crippen LogP contribution < -0.4 is 0 Å². The zero-order valence-electron chi connectivity index (χ0n) is 10.0. The molecule has 0 aliphatic heterocycles. The van der Waals surface area contributed by atoms with Gasteiger partial charge in [0.25, 0.3) is 0 Å². The first-order valence-electron chi connectivity index (χ1n) is 5.27. The zero-order chi connectivity index (χ0) is 11.9. The lowest BCUT2D eigenvalue weighted by Crippen LogP contribution is -1.93. The van der Waals surface area contributed by atoms with Gasteiger partial charge in [0.15, 0.2) is 0 Å². The third-order valence-corrected chi connectivity index (χ3v) is 2.98. The van der Waals surface area contributed by atoms with Gasteiger partial charge in [-0.1, -0.05) is 12.1 Å². The van der Waals surface area contributed by atoms with Crippen molar-refractivity contribution in [1.82, 2.24) is 9.78 Å². The molecule has 0 N–H and O–H groups in total. The second-order valence-electron chi connectivity index (χ2n) is 4.19. The minimum Gasteiger partial charge on any atom is -0.242 e. The lowest BCUT2D eigenvalue weighted by Gasteiger charge is -2.03. The number of aromatic nitrogens is 2. The van der Waals surface area contributed by atoms with Gasteiger partial charge in [-0.25, -0.2) is 4.68 Å². The van der Waals surface area contributed by atoms with E-state index >= 15 is 0 Å². The number of rotatable bonds is 1. The zero-order valence-corrected chi connectivity index (χ0v) is 10.0. The first-order valence-corrected chi connectivity index (χ1v) is 5.27. The molecular formula is C13H15FN2. The topological polar surface area (TPSA) is 17.8 Å². The first kappa shape index (κ1) is 10.9. The van der Waals surface area contributed by atoms with Crippen molar-refractivity contribution in [3.8, 4) is 11.3 Å². The molecule has 0 fully saturated rings. The number of hydrogen-bond donors (Lipinski definition) is 0. The second-order valence-corrected chi connectivity index (χ2v) is 4.19. The van der Waals surface area contributed by atoms with Gasteiger partial charge in [-0.3, -0.25) is 0 Å². The highest BCUT2D eigenvalue weighted by molar-refractivity contribution is 5.64. The van der Waals surface area contributed by atoms with E-state index in [1.54, 1.807) is 14.0 Å². The molecular weight excluding hydrogens is 203 g/mol. The van der Waals surface area contributed by atoms with E-state index in [2.05, 4.69) is 12.0 Å². The maximum absolute atomic E-state index is 13.5. The van der Waals surface area contributed by atoms with Gasteiger partial charge in [0, 0.05) is 18.2 Å². The SMILES string of the molecule is Cc1ccc(-c2nn(C)c(F)c2C)cc1C. The summed E-state index contributed by atoms with van der Waals surface area (Å²) in [5.41, 5.74) is 4.73. The summed E-state index contributed by atoms with van der Waals surface area (Å²) in [6.45, 7) is 5.87. The Morgan fingerprint density at radius 1 is 1.12 bits per heavy atom. The molecule has 0 atom stereocenters. The maximum Gasteiger partial charge on any atom is 0.214 e. The molecule has 0 saturated heterocycles. The van der Waals surface area contributed by atoms with Crippen LogP contribution in [0.3, 0.4) is 0 Å². The number of halogens is 1. The van der Waals surface area contributed by atoms with Crippen LogP contribution in [0.25, 0.3) is 11.3 Å². The predicted molar refractivity (Wildman–Crippen MR) is 62.8 cm³/mol. The Hall–Kier alpha value is -1.64. The minimum absolute atomic E-state index is 0.270. The quantitative estimate of drug-likeness (QED) is 0.719. The molecule has 1 aromatic heterocycles. The molecule has 0 aliphatic rings. The fourth-order valence-corrected chi connectivity index (χ4v) is 1.77. The van der Waals surface area contributed by atoms with Gasteiger partial charge in [0.2, 0.25) is 5.95 Å². The van der Waals surface area contributed by atoms with Crippen LogP contribution in [0.2, 0.25) is 0 Å². The van der Waals surface area contributed by atoms with E-state index in [0.29, 0.717) is 5.56 Å². The summed E-state index contributed by atoms with van der Waals surface area (Å²) < 4.78 is 14.8. The van der Waals surface area contributed by atoms with Crippen LogP contribution in [0.5, 0.6) is 0 Å². The Morgan fingerprint density at radius 2 is 1.81 bits per heavy atom. The van der Waals surface area contributed by atoms with Gasteiger partial charge in [0.1, 0.15) is 0 Å². The highest BCUT2D eigenvalue weighted by atomic mass is 19.1. The Balaban J connectivity index is 2.59. The molecule has 2 aromatic rings. The van der Waals surface area contributed by atoms with Crippen molar-refractivity contribution in [2.45, 2.75) is 20.8 Å². The number of benzene rings is 1. The number of aryl methyl sites for hydroxylation is 3. The van der Waals surface area contributed by atoms with E-state index in [-0.39, 0.29) is 5.95 Å². The van der Waals surface area contributed by atoms with Gasteiger partial charge >= 0.3 is 0 Å². The molecule has 1 heterocycles. The fourth-order valence-electron chi connectivity index (χ4n) is 1.77. The first-order chi connectivity index (χ1) is 7.50. The summed E-state index contributed by atoms with van der Waals surface area (Å²) >= 11 is 0. The molecule has 0 unspecified atom stereocenters. The summed E-state index contributed by atoms with van der Waals surface area (Å²) in [6, 6.07) is 6.07. The molecule has 0 amide bonds. The van der Waals surface area contributed by atoms with Crippen LogP contribution in [0.4, 0.5) is 4.39 Å². The van der Waals surface area contributed by atoms with Crippen LogP contribution in [-0.2, 0) is 7.05 Å². The van der Waals surface area contributed by atoms with Gasteiger partial charge < -0.3 is 0 Å². The average Bonchev–Trinajstić information content (AvgIpc) is 2.50. The van der Waals surface area contributed by atoms with Crippen LogP contribution in [0.15, 0.2) is 18.2 Å². The van der Waals surface area contributed by atoms with Gasteiger partial charge in [-0.15, -0.1) is 0 Å². The highest BCUT2D eigenvalue weighted by Gasteiger charge is 2.13. The van der Waals surface area contributed by atoms with Crippen LogP contribution in [0, 0.1) is 26.7 Å². The van der Waals surface area contributed by atoms with Crippen molar-refractivity contribution < 1.29 is 4.39 Å². The van der Waals surface area contributed by atoms with Crippen LogP contribution in [-0.4, -0.2) is 9.78 Å². The van der Waals surface area contributed by atoms with Crippen molar-refractivity contribution in [1.29, 1.82) is 0 Å². The van der Waals surface area contributed by atoms with E-state index in [9.17, 15) is 4.39 Å². The monoisotopic (exact) mass is 218 g/mol. The highest BCUT2D eigenvalue weighted by Crippen LogP contribution is 2.25.